The molecule has 0 saturated heterocycles. The standard InChI is InChI=1S/C23H32N2O/c1-5-8-20(23(26)24-15-14-18(2)3)10-6-9-19-12-13-22-21(17-19)11-7-16-25(22)4/h5-6,8-10,12-13,17-18H,7,11,14-16H2,1-4H3,(H,24,26)/b8-5-,9-6+,20-10+. The molecule has 1 amide bonds. The molecule has 0 bridgehead atoms. The van der Waals surface area contributed by atoms with E-state index in [4.69, 9.17) is 0 Å². The van der Waals surface area contributed by atoms with Gasteiger partial charge in [-0.2, -0.15) is 0 Å². The lowest BCUT2D eigenvalue weighted by molar-refractivity contribution is -0.117. The molecule has 0 fully saturated rings. The first-order chi connectivity index (χ1) is 12.5. The van der Waals surface area contributed by atoms with Crippen molar-refractivity contribution in [3.8, 4) is 0 Å². The topological polar surface area (TPSA) is 32.3 Å². The van der Waals surface area contributed by atoms with E-state index in [9.17, 15) is 4.79 Å². The molecule has 0 saturated carbocycles. The monoisotopic (exact) mass is 352 g/mol. The molecule has 1 aromatic carbocycles. The largest absolute Gasteiger partial charge is 0.374 e. The van der Waals surface area contributed by atoms with E-state index in [0.29, 0.717) is 18.0 Å². The zero-order valence-corrected chi connectivity index (χ0v) is 16.6. The van der Waals surface area contributed by atoms with Gasteiger partial charge < -0.3 is 10.2 Å². The summed E-state index contributed by atoms with van der Waals surface area (Å²) in [6.07, 6.45) is 13.0. The summed E-state index contributed by atoms with van der Waals surface area (Å²) in [4.78, 5) is 14.6. The van der Waals surface area contributed by atoms with Crippen LogP contribution in [0.1, 0.15) is 44.7 Å². The van der Waals surface area contributed by atoms with Crippen LogP contribution in [-0.2, 0) is 11.2 Å². The predicted octanol–water partition coefficient (Wildman–Crippen LogP) is 4.75. The maximum Gasteiger partial charge on any atom is 0.251 e. The number of hydrogen-bond acceptors (Lipinski definition) is 2. The number of carbonyl (C=O) groups excluding carboxylic acids is 1. The number of rotatable bonds is 7. The van der Waals surface area contributed by atoms with Gasteiger partial charge in [0.1, 0.15) is 0 Å². The molecule has 1 aliphatic heterocycles. The van der Waals surface area contributed by atoms with E-state index in [0.717, 1.165) is 19.4 Å². The van der Waals surface area contributed by atoms with Crippen LogP contribution in [0.3, 0.4) is 0 Å². The summed E-state index contributed by atoms with van der Waals surface area (Å²) in [5.41, 5.74) is 4.61. The maximum atomic E-state index is 12.3. The average molecular weight is 353 g/mol. The summed E-state index contributed by atoms with van der Waals surface area (Å²) in [7, 11) is 2.15. The van der Waals surface area contributed by atoms with Crippen LogP contribution < -0.4 is 10.2 Å². The Kier molecular flexibility index (Phi) is 7.71. The highest BCUT2D eigenvalue weighted by Crippen LogP contribution is 2.27. The summed E-state index contributed by atoms with van der Waals surface area (Å²) < 4.78 is 0. The highest BCUT2D eigenvalue weighted by molar-refractivity contribution is 5.96. The number of hydrogen-bond donors (Lipinski definition) is 1. The molecule has 1 aromatic rings. The first-order valence-corrected chi connectivity index (χ1v) is 9.64. The third kappa shape index (κ3) is 5.91. The zero-order chi connectivity index (χ0) is 18.9. The first kappa shape index (κ1) is 20.0. The minimum absolute atomic E-state index is 0.0135. The Morgan fingerprint density at radius 1 is 1.35 bits per heavy atom. The van der Waals surface area contributed by atoms with Gasteiger partial charge in [-0.25, -0.2) is 0 Å². The molecule has 1 aliphatic rings. The highest BCUT2D eigenvalue weighted by Gasteiger charge is 2.12. The van der Waals surface area contributed by atoms with Crippen LogP contribution in [0.15, 0.2) is 48.1 Å². The van der Waals surface area contributed by atoms with Crippen molar-refractivity contribution in [2.24, 2.45) is 5.92 Å². The maximum absolute atomic E-state index is 12.3. The van der Waals surface area contributed by atoms with Crippen molar-refractivity contribution >= 4 is 17.7 Å². The number of allylic oxidation sites excluding steroid dienone is 3. The summed E-state index contributed by atoms with van der Waals surface area (Å²) in [6.45, 7) is 8.10. The van der Waals surface area contributed by atoms with E-state index in [1.54, 1.807) is 0 Å². The van der Waals surface area contributed by atoms with Gasteiger partial charge in [0.15, 0.2) is 0 Å². The number of benzene rings is 1. The fourth-order valence-electron chi connectivity index (χ4n) is 3.13. The van der Waals surface area contributed by atoms with E-state index in [-0.39, 0.29) is 5.91 Å². The Balaban J connectivity index is 2.05. The van der Waals surface area contributed by atoms with Crippen LogP contribution in [0.25, 0.3) is 6.08 Å². The van der Waals surface area contributed by atoms with Crippen molar-refractivity contribution in [3.63, 3.8) is 0 Å². The summed E-state index contributed by atoms with van der Waals surface area (Å²) >= 11 is 0. The van der Waals surface area contributed by atoms with Gasteiger partial charge in [-0.15, -0.1) is 0 Å². The van der Waals surface area contributed by atoms with Crippen molar-refractivity contribution in [3.05, 3.63) is 59.2 Å². The molecular weight excluding hydrogens is 320 g/mol. The van der Waals surface area contributed by atoms with Gasteiger partial charge in [-0.05, 0) is 61.4 Å². The molecule has 3 heteroatoms. The van der Waals surface area contributed by atoms with E-state index >= 15 is 0 Å². The molecule has 0 atom stereocenters. The van der Waals surface area contributed by atoms with Crippen molar-refractivity contribution in [1.82, 2.24) is 5.32 Å². The molecule has 140 valence electrons. The smallest absolute Gasteiger partial charge is 0.251 e. The molecule has 0 spiro atoms. The lowest BCUT2D eigenvalue weighted by Crippen LogP contribution is -2.26. The molecule has 0 unspecified atom stereocenters. The highest BCUT2D eigenvalue weighted by atomic mass is 16.1. The Labute approximate surface area is 158 Å². The SMILES string of the molecule is C\C=C/C(=C\C=C\c1ccc2c(c1)CCCN2C)C(=O)NCCC(C)C. The molecule has 0 aliphatic carbocycles. The van der Waals surface area contributed by atoms with Crippen LogP contribution >= 0.6 is 0 Å². The lowest BCUT2D eigenvalue weighted by Gasteiger charge is -2.27. The Morgan fingerprint density at radius 2 is 2.15 bits per heavy atom. The quantitative estimate of drug-likeness (QED) is 0.567. The minimum Gasteiger partial charge on any atom is -0.374 e. The number of anilines is 1. The second-order valence-corrected chi connectivity index (χ2v) is 7.33. The third-order valence-electron chi connectivity index (χ3n) is 4.63. The predicted molar refractivity (Wildman–Crippen MR) is 112 cm³/mol. The third-order valence-corrected chi connectivity index (χ3v) is 4.63. The van der Waals surface area contributed by atoms with Gasteiger partial charge in [0.2, 0.25) is 0 Å². The number of amides is 1. The zero-order valence-electron chi connectivity index (χ0n) is 16.6. The molecule has 3 nitrogen and oxygen atoms in total. The molecule has 1 N–H and O–H groups in total. The van der Waals surface area contributed by atoms with Gasteiger partial charge in [-0.1, -0.05) is 44.2 Å². The van der Waals surface area contributed by atoms with Crippen molar-refractivity contribution < 1.29 is 4.79 Å². The Morgan fingerprint density at radius 3 is 2.88 bits per heavy atom. The fourth-order valence-corrected chi connectivity index (χ4v) is 3.13. The second kappa shape index (κ2) is 10.0. The van der Waals surface area contributed by atoms with Crippen LogP contribution in [0.4, 0.5) is 5.69 Å². The molecule has 2 rings (SSSR count). The summed E-state index contributed by atoms with van der Waals surface area (Å²) in [5.74, 6) is 0.577. The molecule has 0 radical (unpaired) electrons. The average Bonchev–Trinajstić information content (AvgIpc) is 2.60. The van der Waals surface area contributed by atoms with Crippen molar-refractivity contribution in [1.29, 1.82) is 0 Å². The fraction of sp³-hybridized carbons (Fsp3) is 0.435. The number of aryl methyl sites for hydroxylation is 1. The van der Waals surface area contributed by atoms with Gasteiger partial charge in [-0.3, -0.25) is 4.79 Å². The van der Waals surface area contributed by atoms with Crippen LogP contribution in [0, 0.1) is 5.92 Å². The second-order valence-electron chi connectivity index (χ2n) is 7.33. The molecule has 1 heterocycles. The lowest BCUT2D eigenvalue weighted by atomic mass is 9.99. The first-order valence-electron chi connectivity index (χ1n) is 9.64. The van der Waals surface area contributed by atoms with E-state index in [1.807, 2.05) is 31.2 Å². The summed E-state index contributed by atoms with van der Waals surface area (Å²) in [5, 5.41) is 3.00. The van der Waals surface area contributed by atoms with Gasteiger partial charge in [0.25, 0.3) is 5.91 Å². The van der Waals surface area contributed by atoms with Crippen LogP contribution in [0.2, 0.25) is 0 Å². The minimum atomic E-state index is -0.0135. The Bertz CT molecular complexity index is 698. The molecule has 26 heavy (non-hydrogen) atoms. The van der Waals surface area contributed by atoms with Gasteiger partial charge >= 0.3 is 0 Å². The van der Waals surface area contributed by atoms with E-state index in [2.05, 4.69) is 55.4 Å². The van der Waals surface area contributed by atoms with Gasteiger partial charge in [0.05, 0.1) is 0 Å². The normalized spacial score (nSPS) is 15.1. The van der Waals surface area contributed by atoms with Crippen LogP contribution in [0.5, 0.6) is 0 Å². The molecule has 0 aromatic heterocycles. The van der Waals surface area contributed by atoms with Crippen LogP contribution in [-0.4, -0.2) is 26.0 Å². The van der Waals surface area contributed by atoms with Gasteiger partial charge in [0, 0.05) is 31.4 Å². The number of carbonyl (C=O) groups is 1. The van der Waals surface area contributed by atoms with Crippen molar-refractivity contribution in [2.45, 2.75) is 40.0 Å². The number of fused-ring (bicyclic) bond motifs is 1. The number of nitrogens with one attached hydrogen (secondary N) is 1. The van der Waals surface area contributed by atoms with E-state index in [1.165, 1.54) is 23.2 Å². The molecular formula is C23H32N2O. The van der Waals surface area contributed by atoms with Crippen molar-refractivity contribution in [2.75, 3.05) is 25.0 Å². The Hall–Kier alpha value is -2.29. The number of nitrogens with zero attached hydrogens (tertiary/aromatic N) is 1. The van der Waals surface area contributed by atoms with E-state index < -0.39 is 0 Å². The summed E-state index contributed by atoms with van der Waals surface area (Å²) in [6, 6.07) is 6.60.